The van der Waals surface area contributed by atoms with Crippen molar-refractivity contribution >= 4 is 35.3 Å². The molecule has 0 spiro atoms. The molecule has 0 aromatic carbocycles. The molecule has 0 aromatic heterocycles. The van der Waals surface area contributed by atoms with E-state index in [1.54, 1.807) is 0 Å². The molecule has 0 aliphatic carbocycles. The van der Waals surface area contributed by atoms with Crippen molar-refractivity contribution in [3.8, 4) is 0 Å². The topological polar surface area (TPSA) is 104 Å². The number of carbonyl (C=O) groups excluding carboxylic acids is 4. The molecule has 0 fully saturated rings. The first kappa shape index (κ1) is 19.4. The minimum Gasteiger partial charge on any atom is -0.356 e. The standard InChI is InChI=1S/C13H23N3O4S/c1-10(17)3-6-14-11(18)4-7-15-12(19)5-8-16-13(20)9-21-2/h3-9H2,1-2H3,(H,14,18)(H,15,19)(H,16,20). The normalized spacial score (nSPS) is 9.81. The summed E-state index contributed by atoms with van der Waals surface area (Å²) in [4.78, 5) is 44.6. The van der Waals surface area contributed by atoms with Gasteiger partial charge in [-0.2, -0.15) is 11.8 Å². The van der Waals surface area contributed by atoms with Crippen molar-refractivity contribution in [3.63, 3.8) is 0 Å². The predicted molar refractivity (Wildman–Crippen MR) is 81.9 cm³/mol. The molecule has 0 rings (SSSR count). The Balaban J connectivity index is 3.54. The summed E-state index contributed by atoms with van der Waals surface area (Å²) in [5, 5.41) is 7.81. The first-order chi connectivity index (χ1) is 9.95. The Morgan fingerprint density at radius 1 is 0.762 bits per heavy atom. The van der Waals surface area contributed by atoms with E-state index in [1.165, 1.54) is 18.7 Å². The van der Waals surface area contributed by atoms with Crippen molar-refractivity contribution in [2.75, 3.05) is 31.6 Å². The maximum Gasteiger partial charge on any atom is 0.229 e. The first-order valence-electron chi connectivity index (χ1n) is 6.74. The molecule has 0 aliphatic heterocycles. The molecule has 120 valence electrons. The predicted octanol–water partition coefficient (Wildman–Crippen LogP) is -0.543. The summed E-state index contributed by atoms with van der Waals surface area (Å²) >= 11 is 1.42. The number of nitrogens with one attached hydrogen (secondary N) is 3. The average molecular weight is 317 g/mol. The molecule has 3 N–H and O–H groups in total. The second-order valence-corrected chi connectivity index (χ2v) is 5.30. The first-order valence-corrected chi connectivity index (χ1v) is 8.13. The molecule has 8 heteroatoms. The Kier molecular flexibility index (Phi) is 11.3. The number of carbonyl (C=O) groups is 4. The monoisotopic (exact) mass is 317 g/mol. The Morgan fingerprint density at radius 2 is 1.19 bits per heavy atom. The summed E-state index contributed by atoms with van der Waals surface area (Å²) in [5.41, 5.74) is 0. The average Bonchev–Trinajstić information content (AvgIpc) is 2.38. The maximum absolute atomic E-state index is 11.4. The van der Waals surface area contributed by atoms with Gasteiger partial charge in [-0.3, -0.25) is 19.2 Å². The Bertz CT molecular complexity index is 374. The van der Waals surface area contributed by atoms with Gasteiger partial charge < -0.3 is 16.0 Å². The molecule has 7 nitrogen and oxygen atoms in total. The lowest BCUT2D eigenvalue weighted by atomic mass is 10.3. The Hall–Kier alpha value is -1.57. The third-order valence-electron chi connectivity index (χ3n) is 2.42. The number of hydrogen-bond acceptors (Lipinski definition) is 5. The van der Waals surface area contributed by atoms with E-state index in [1.807, 2.05) is 6.26 Å². The molecule has 0 bridgehead atoms. The van der Waals surface area contributed by atoms with Gasteiger partial charge in [0.2, 0.25) is 17.7 Å². The lowest BCUT2D eigenvalue weighted by Gasteiger charge is -2.07. The lowest BCUT2D eigenvalue weighted by Crippen LogP contribution is -2.34. The van der Waals surface area contributed by atoms with Crippen molar-refractivity contribution in [2.45, 2.75) is 26.2 Å². The third kappa shape index (κ3) is 13.2. The van der Waals surface area contributed by atoms with E-state index in [0.717, 1.165) is 0 Å². The summed E-state index contributed by atoms with van der Waals surface area (Å²) < 4.78 is 0. The Morgan fingerprint density at radius 3 is 1.62 bits per heavy atom. The molecule has 0 atom stereocenters. The minimum absolute atomic E-state index is 0.0205. The van der Waals surface area contributed by atoms with Crippen molar-refractivity contribution in [1.82, 2.24) is 16.0 Å². The largest absolute Gasteiger partial charge is 0.356 e. The number of amides is 3. The van der Waals surface area contributed by atoms with Crippen LogP contribution in [0.1, 0.15) is 26.2 Å². The fourth-order valence-corrected chi connectivity index (χ4v) is 1.73. The van der Waals surface area contributed by atoms with Gasteiger partial charge in [0, 0.05) is 38.9 Å². The van der Waals surface area contributed by atoms with Crippen molar-refractivity contribution in [3.05, 3.63) is 0 Å². The summed E-state index contributed by atoms with van der Waals surface area (Å²) in [6, 6.07) is 0. The van der Waals surface area contributed by atoms with Crippen LogP contribution >= 0.6 is 11.8 Å². The lowest BCUT2D eigenvalue weighted by molar-refractivity contribution is -0.122. The number of rotatable bonds is 11. The van der Waals surface area contributed by atoms with Gasteiger partial charge in [0.1, 0.15) is 5.78 Å². The second kappa shape index (κ2) is 12.2. The highest BCUT2D eigenvalue weighted by Crippen LogP contribution is 1.89. The maximum atomic E-state index is 11.4. The van der Waals surface area contributed by atoms with Crippen LogP contribution in [-0.4, -0.2) is 55.1 Å². The van der Waals surface area contributed by atoms with Crippen LogP contribution in [0, 0.1) is 0 Å². The molecule has 21 heavy (non-hydrogen) atoms. The van der Waals surface area contributed by atoms with Crippen LogP contribution in [0.4, 0.5) is 0 Å². The van der Waals surface area contributed by atoms with Crippen LogP contribution < -0.4 is 16.0 Å². The molecule has 0 heterocycles. The molecule has 0 radical (unpaired) electrons. The van der Waals surface area contributed by atoms with Crippen molar-refractivity contribution in [2.24, 2.45) is 0 Å². The van der Waals surface area contributed by atoms with Crippen LogP contribution in [0.15, 0.2) is 0 Å². The summed E-state index contributed by atoms with van der Waals surface area (Å²) in [6.07, 6.45) is 2.50. The zero-order chi connectivity index (χ0) is 16.1. The zero-order valence-electron chi connectivity index (χ0n) is 12.5. The third-order valence-corrected chi connectivity index (χ3v) is 2.97. The number of thioether (sulfide) groups is 1. The van der Waals surface area contributed by atoms with Crippen molar-refractivity contribution in [1.29, 1.82) is 0 Å². The van der Waals surface area contributed by atoms with Gasteiger partial charge in [-0.15, -0.1) is 0 Å². The van der Waals surface area contributed by atoms with Crippen LogP contribution in [0.5, 0.6) is 0 Å². The van der Waals surface area contributed by atoms with E-state index in [2.05, 4.69) is 16.0 Å². The molecule has 0 aromatic rings. The van der Waals surface area contributed by atoms with E-state index >= 15 is 0 Å². The molecule has 0 aliphatic rings. The summed E-state index contributed by atoms with van der Waals surface area (Å²) in [7, 11) is 0. The molecule has 0 saturated heterocycles. The van der Waals surface area contributed by atoms with Gasteiger partial charge in [-0.25, -0.2) is 0 Å². The van der Waals surface area contributed by atoms with Gasteiger partial charge in [-0.1, -0.05) is 0 Å². The van der Waals surface area contributed by atoms with E-state index in [-0.39, 0.29) is 49.4 Å². The van der Waals surface area contributed by atoms with E-state index in [4.69, 9.17) is 0 Å². The highest BCUT2D eigenvalue weighted by atomic mass is 32.2. The SMILES string of the molecule is CSCC(=O)NCCC(=O)NCCC(=O)NCCC(C)=O. The second-order valence-electron chi connectivity index (χ2n) is 4.43. The van der Waals surface area contributed by atoms with Gasteiger partial charge in [0.25, 0.3) is 0 Å². The number of ketones is 1. The fraction of sp³-hybridized carbons (Fsp3) is 0.692. The number of Topliss-reactive ketones (excluding diaryl/α,β-unsaturated/α-hetero) is 1. The number of hydrogen-bond donors (Lipinski definition) is 3. The van der Waals surface area contributed by atoms with Gasteiger partial charge in [0.15, 0.2) is 0 Å². The van der Waals surface area contributed by atoms with Gasteiger partial charge in [-0.05, 0) is 13.2 Å². The van der Waals surface area contributed by atoms with Crippen LogP contribution in [0.3, 0.4) is 0 Å². The zero-order valence-corrected chi connectivity index (χ0v) is 13.3. The molecular formula is C13H23N3O4S. The smallest absolute Gasteiger partial charge is 0.229 e. The van der Waals surface area contributed by atoms with E-state index < -0.39 is 0 Å². The van der Waals surface area contributed by atoms with Crippen LogP contribution in [0.25, 0.3) is 0 Å². The van der Waals surface area contributed by atoms with Gasteiger partial charge in [0.05, 0.1) is 5.75 Å². The van der Waals surface area contributed by atoms with Crippen molar-refractivity contribution < 1.29 is 19.2 Å². The Labute approximate surface area is 129 Å². The molecule has 3 amide bonds. The minimum atomic E-state index is -0.212. The quantitative estimate of drug-likeness (QED) is 0.475. The molecular weight excluding hydrogens is 294 g/mol. The van der Waals surface area contributed by atoms with Crippen LogP contribution in [0.2, 0.25) is 0 Å². The fourth-order valence-electron chi connectivity index (χ4n) is 1.37. The highest BCUT2D eigenvalue weighted by Gasteiger charge is 2.05. The highest BCUT2D eigenvalue weighted by molar-refractivity contribution is 7.99. The molecule has 0 saturated carbocycles. The molecule has 0 unspecified atom stereocenters. The summed E-state index contributed by atoms with van der Waals surface area (Å²) in [5.74, 6) is -0.115. The van der Waals surface area contributed by atoms with E-state index in [9.17, 15) is 19.2 Å². The van der Waals surface area contributed by atoms with Crippen LogP contribution in [-0.2, 0) is 19.2 Å². The summed E-state index contributed by atoms with van der Waals surface area (Å²) in [6.45, 7) is 2.31. The van der Waals surface area contributed by atoms with E-state index in [0.29, 0.717) is 18.7 Å². The van der Waals surface area contributed by atoms with Gasteiger partial charge >= 0.3 is 0 Å².